The van der Waals surface area contributed by atoms with Crippen LogP contribution in [0.25, 0.3) is 0 Å². The lowest BCUT2D eigenvalue weighted by molar-refractivity contribution is 0.0945. The Kier molecular flexibility index (Phi) is 7.72. The lowest BCUT2D eigenvalue weighted by atomic mass is 10.1. The van der Waals surface area contributed by atoms with Crippen LogP contribution in [0.1, 0.15) is 27.2 Å². The Balaban J connectivity index is 1.54. The highest BCUT2D eigenvalue weighted by molar-refractivity contribution is 5.98. The quantitative estimate of drug-likeness (QED) is 0.537. The predicted octanol–water partition coefficient (Wildman–Crippen LogP) is 2.86. The number of methoxy groups -OCH3 is 3. The van der Waals surface area contributed by atoms with Crippen molar-refractivity contribution < 1.29 is 19.0 Å². The molecule has 3 aromatic rings. The maximum atomic E-state index is 13.3. The minimum atomic E-state index is -0.267. The van der Waals surface area contributed by atoms with Crippen LogP contribution in [0, 0.1) is 0 Å². The van der Waals surface area contributed by atoms with Gasteiger partial charge < -0.3 is 24.1 Å². The van der Waals surface area contributed by atoms with Gasteiger partial charge >= 0.3 is 0 Å². The molecule has 184 valence electrons. The second kappa shape index (κ2) is 11.1. The smallest absolute Gasteiger partial charge is 0.257 e. The van der Waals surface area contributed by atoms with Crippen molar-refractivity contribution in [2.75, 3.05) is 34.4 Å². The van der Waals surface area contributed by atoms with Gasteiger partial charge in [0.15, 0.2) is 0 Å². The molecule has 8 nitrogen and oxygen atoms in total. The van der Waals surface area contributed by atoms with Gasteiger partial charge in [0, 0.05) is 50.9 Å². The van der Waals surface area contributed by atoms with Crippen LogP contribution < -0.4 is 25.1 Å². The summed E-state index contributed by atoms with van der Waals surface area (Å²) in [5, 5.41) is 2.98. The first-order chi connectivity index (χ1) is 17.0. The summed E-state index contributed by atoms with van der Waals surface area (Å²) in [6.07, 6.45) is 0.560. The van der Waals surface area contributed by atoms with Crippen molar-refractivity contribution in [3.8, 4) is 17.2 Å². The molecule has 0 atom stereocenters. The van der Waals surface area contributed by atoms with E-state index in [0.717, 1.165) is 35.7 Å². The Hall–Kier alpha value is -3.78. The molecule has 2 aromatic carbocycles. The molecule has 0 fully saturated rings. The van der Waals surface area contributed by atoms with Crippen LogP contribution in [0.3, 0.4) is 0 Å². The number of carbonyl (C=O) groups is 1. The molecule has 4 rings (SSSR count). The number of nitrogens with zero attached hydrogens (tertiary/aromatic N) is 2. The van der Waals surface area contributed by atoms with E-state index >= 15 is 0 Å². The number of hydrogen-bond donors (Lipinski definition) is 1. The Bertz CT molecular complexity index is 1240. The van der Waals surface area contributed by atoms with E-state index in [1.807, 2.05) is 48.5 Å². The molecule has 35 heavy (non-hydrogen) atoms. The molecule has 0 saturated heterocycles. The third-order valence-corrected chi connectivity index (χ3v) is 6.29. The largest absolute Gasteiger partial charge is 0.497 e. The molecule has 1 amide bonds. The molecule has 0 radical (unpaired) electrons. The van der Waals surface area contributed by atoms with E-state index in [9.17, 15) is 9.59 Å². The van der Waals surface area contributed by atoms with Crippen LogP contribution in [0.15, 0.2) is 59.4 Å². The van der Waals surface area contributed by atoms with Crippen LogP contribution in [0.5, 0.6) is 17.2 Å². The number of benzene rings is 2. The van der Waals surface area contributed by atoms with E-state index in [1.165, 1.54) is 13.2 Å². The molecule has 0 unspecified atom stereocenters. The molecule has 1 N–H and O–H groups in total. The van der Waals surface area contributed by atoms with E-state index in [1.54, 1.807) is 18.8 Å². The molecular weight excluding hydrogens is 446 g/mol. The number of amides is 1. The van der Waals surface area contributed by atoms with E-state index in [0.29, 0.717) is 43.1 Å². The molecule has 8 heteroatoms. The molecule has 0 saturated carbocycles. The minimum Gasteiger partial charge on any atom is -0.497 e. The highest BCUT2D eigenvalue weighted by Gasteiger charge is 2.25. The van der Waals surface area contributed by atoms with Crippen LogP contribution in [-0.2, 0) is 26.1 Å². The monoisotopic (exact) mass is 477 g/mol. The molecule has 1 aliphatic heterocycles. The maximum absolute atomic E-state index is 13.3. The molecule has 1 aliphatic rings. The van der Waals surface area contributed by atoms with E-state index in [4.69, 9.17) is 14.2 Å². The Morgan fingerprint density at radius 3 is 2.37 bits per heavy atom. The summed E-state index contributed by atoms with van der Waals surface area (Å²) in [6.45, 7) is 3.01. The topological polar surface area (TPSA) is 82.0 Å². The SMILES string of the molecule is COc1ccc(CN2CCc3c(C(=O)NCc4cccc(OC)c4)c(OC)cc(=O)n3CC2)cc1. The fourth-order valence-electron chi connectivity index (χ4n) is 4.40. The zero-order chi connectivity index (χ0) is 24.8. The van der Waals surface area contributed by atoms with Gasteiger partial charge in [-0.15, -0.1) is 0 Å². The van der Waals surface area contributed by atoms with Crippen molar-refractivity contribution in [3.63, 3.8) is 0 Å². The van der Waals surface area contributed by atoms with Crippen LogP contribution in [-0.4, -0.2) is 49.8 Å². The third kappa shape index (κ3) is 5.66. The third-order valence-electron chi connectivity index (χ3n) is 6.29. The Morgan fingerprint density at radius 1 is 0.886 bits per heavy atom. The summed E-state index contributed by atoms with van der Waals surface area (Å²) in [5.74, 6) is 1.58. The van der Waals surface area contributed by atoms with Gasteiger partial charge in [-0.3, -0.25) is 14.5 Å². The predicted molar refractivity (Wildman–Crippen MR) is 133 cm³/mol. The first-order valence-corrected chi connectivity index (χ1v) is 11.6. The Morgan fingerprint density at radius 2 is 1.66 bits per heavy atom. The van der Waals surface area contributed by atoms with Gasteiger partial charge in [0.05, 0.1) is 21.3 Å². The summed E-state index contributed by atoms with van der Waals surface area (Å²) >= 11 is 0. The summed E-state index contributed by atoms with van der Waals surface area (Å²) in [5.41, 5.74) is 3.04. The highest BCUT2D eigenvalue weighted by Crippen LogP contribution is 2.24. The number of aromatic nitrogens is 1. The van der Waals surface area contributed by atoms with Crippen LogP contribution >= 0.6 is 0 Å². The molecule has 1 aromatic heterocycles. The van der Waals surface area contributed by atoms with E-state index < -0.39 is 0 Å². The van der Waals surface area contributed by atoms with Crippen molar-refractivity contribution in [1.82, 2.24) is 14.8 Å². The molecule has 2 heterocycles. The van der Waals surface area contributed by atoms with Crippen molar-refractivity contribution in [2.24, 2.45) is 0 Å². The highest BCUT2D eigenvalue weighted by atomic mass is 16.5. The van der Waals surface area contributed by atoms with Gasteiger partial charge in [0.2, 0.25) is 0 Å². The van der Waals surface area contributed by atoms with Crippen LogP contribution in [0.2, 0.25) is 0 Å². The first-order valence-electron chi connectivity index (χ1n) is 11.6. The summed E-state index contributed by atoms with van der Waals surface area (Å²) in [6, 6.07) is 16.9. The van der Waals surface area contributed by atoms with Gasteiger partial charge in [-0.1, -0.05) is 24.3 Å². The number of carbonyl (C=O) groups excluding carboxylic acids is 1. The Labute approximate surface area is 205 Å². The molecule has 0 bridgehead atoms. The van der Waals surface area contributed by atoms with Gasteiger partial charge in [-0.25, -0.2) is 0 Å². The van der Waals surface area contributed by atoms with Gasteiger partial charge in [0.25, 0.3) is 11.5 Å². The van der Waals surface area contributed by atoms with Crippen molar-refractivity contribution in [1.29, 1.82) is 0 Å². The van der Waals surface area contributed by atoms with Crippen molar-refractivity contribution in [3.05, 3.63) is 87.3 Å². The minimum absolute atomic E-state index is 0.160. The molecule has 0 spiro atoms. The molecular formula is C27H31N3O5. The summed E-state index contributed by atoms with van der Waals surface area (Å²) < 4.78 is 17.7. The average Bonchev–Trinajstić information content (AvgIpc) is 3.10. The number of hydrogen-bond acceptors (Lipinski definition) is 6. The second-order valence-electron chi connectivity index (χ2n) is 8.43. The number of pyridine rings is 1. The van der Waals surface area contributed by atoms with E-state index in [-0.39, 0.29) is 11.5 Å². The molecule has 0 aliphatic carbocycles. The maximum Gasteiger partial charge on any atom is 0.257 e. The fraction of sp³-hybridized carbons (Fsp3) is 0.333. The fourth-order valence-corrected chi connectivity index (χ4v) is 4.40. The zero-order valence-corrected chi connectivity index (χ0v) is 20.4. The zero-order valence-electron chi connectivity index (χ0n) is 20.4. The van der Waals surface area contributed by atoms with Gasteiger partial charge in [-0.2, -0.15) is 0 Å². The number of ether oxygens (including phenoxy) is 3. The second-order valence-corrected chi connectivity index (χ2v) is 8.43. The average molecular weight is 478 g/mol. The van der Waals surface area contributed by atoms with Crippen molar-refractivity contribution in [2.45, 2.75) is 26.1 Å². The van der Waals surface area contributed by atoms with E-state index in [2.05, 4.69) is 10.2 Å². The lowest BCUT2D eigenvalue weighted by Crippen LogP contribution is -2.31. The van der Waals surface area contributed by atoms with Crippen molar-refractivity contribution >= 4 is 5.91 Å². The van der Waals surface area contributed by atoms with Crippen LogP contribution in [0.4, 0.5) is 0 Å². The summed E-state index contributed by atoms with van der Waals surface area (Å²) in [4.78, 5) is 28.5. The number of rotatable bonds is 8. The van der Waals surface area contributed by atoms with Gasteiger partial charge in [0.1, 0.15) is 22.8 Å². The number of nitrogens with one attached hydrogen (secondary N) is 1. The normalized spacial score (nSPS) is 13.5. The number of fused-ring (bicyclic) bond motifs is 1. The lowest BCUT2D eigenvalue weighted by Gasteiger charge is -2.19. The standard InChI is InChI=1S/C27H31N3O5/c1-33-21-9-7-19(8-10-21)18-29-12-11-23-26(24(35-3)16-25(31)30(23)14-13-29)27(32)28-17-20-5-4-6-22(15-20)34-2/h4-10,15-16H,11-14,17-18H2,1-3H3,(H,28,32). The first kappa shape index (κ1) is 24.3. The van der Waals surface area contributed by atoms with Gasteiger partial charge in [-0.05, 0) is 35.4 Å². The summed E-state index contributed by atoms with van der Waals surface area (Å²) in [7, 11) is 4.74.